The molecule has 1 N–H and O–H groups in total. The molecule has 2 unspecified atom stereocenters. The van der Waals surface area contributed by atoms with Crippen LogP contribution >= 0.6 is 0 Å². The van der Waals surface area contributed by atoms with E-state index in [-0.39, 0.29) is 17.3 Å². The fourth-order valence-corrected chi connectivity index (χ4v) is 3.41. The van der Waals surface area contributed by atoms with Gasteiger partial charge in [-0.15, -0.1) is 0 Å². The number of hydrogen-bond acceptors (Lipinski definition) is 3. The van der Waals surface area contributed by atoms with Gasteiger partial charge in [0.05, 0.1) is 12.7 Å². The molecule has 0 spiro atoms. The van der Waals surface area contributed by atoms with Gasteiger partial charge in [0.25, 0.3) is 0 Å². The van der Waals surface area contributed by atoms with E-state index in [1.807, 2.05) is 27.7 Å². The van der Waals surface area contributed by atoms with Crippen molar-refractivity contribution in [2.24, 2.45) is 11.3 Å². The number of hydrogen-bond donors (Lipinski definition) is 1. The van der Waals surface area contributed by atoms with Crippen LogP contribution in [0.5, 0.6) is 5.75 Å². The maximum atomic E-state index is 12.0. The predicted molar refractivity (Wildman–Crippen MR) is 100 cm³/mol. The lowest BCUT2D eigenvalue weighted by Crippen LogP contribution is -2.30. The summed E-state index contributed by atoms with van der Waals surface area (Å²) in [7, 11) is 0. The van der Waals surface area contributed by atoms with E-state index < -0.39 is 0 Å². The Balaban J connectivity index is 3.03. The van der Waals surface area contributed by atoms with E-state index in [1.54, 1.807) is 6.92 Å². The smallest absolute Gasteiger partial charge is 0.160 e. The summed E-state index contributed by atoms with van der Waals surface area (Å²) >= 11 is 0. The number of aliphatic hydroxyl groups is 1. The van der Waals surface area contributed by atoms with Crippen LogP contribution in [0.15, 0.2) is 0 Å². The molecule has 0 fully saturated rings. The molecule has 0 amide bonds. The normalized spacial score (nSPS) is 14.4. The van der Waals surface area contributed by atoms with Crippen molar-refractivity contribution in [3.05, 3.63) is 27.8 Å². The number of rotatable bonds is 7. The first-order valence-corrected chi connectivity index (χ1v) is 8.82. The van der Waals surface area contributed by atoms with E-state index in [2.05, 4.69) is 27.7 Å². The predicted octanol–water partition coefficient (Wildman–Crippen LogP) is 4.93. The van der Waals surface area contributed by atoms with Crippen molar-refractivity contribution in [1.82, 2.24) is 0 Å². The van der Waals surface area contributed by atoms with Gasteiger partial charge < -0.3 is 9.84 Å². The molecule has 3 nitrogen and oxygen atoms in total. The van der Waals surface area contributed by atoms with E-state index in [4.69, 9.17) is 4.74 Å². The molecule has 0 heterocycles. The summed E-state index contributed by atoms with van der Waals surface area (Å²) in [6.45, 7) is 18.4. The van der Waals surface area contributed by atoms with Crippen LogP contribution in [-0.2, 0) is 0 Å². The zero-order chi connectivity index (χ0) is 18.8. The lowest BCUT2D eigenvalue weighted by atomic mass is 9.79. The van der Waals surface area contributed by atoms with Crippen molar-refractivity contribution in [3.63, 3.8) is 0 Å². The van der Waals surface area contributed by atoms with Gasteiger partial charge in [-0.1, -0.05) is 20.8 Å². The van der Waals surface area contributed by atoms with E-state index in [0.717, 1.165) is 40.0 Å². The van der Waals surface area contributed by atoms with Crippen molar-refractivity contribution < 1.29 is 14.6 Å². The molecular formula is C21H34O3. The number of carbonyl (C=O) groups is 1. The van der Waals surface area contributed by atoms with Crippen molar-refractivity contribution in [3.8, 4) is 5.75 Å². The second-order valence-corrected chi connectivity index (χ2v) is 8.05. The Labute approximate surface area is 147 Å². The van der Waals surface area contributed by atoms with Gasteiger partial charge in [0.2, 0.25) is 0 Å². The summed E-state index contributed by atoms with van der Waals surface area (Å²) in [4.78, 5) is 12.0. The molecule has 1 rings (SSSR count). The molecule has 0 aromatic heterocycles. The van der Waals surface area contributed by atoms with Gasteiger partial charge in [-0.2, -0.15) is 0 Å². The Kier molecular flexibility index (Phi) is 6.63. The van der Waals surface area contributed by atoms with Crippen LogP contribution in [0.2, 0.25) is 0 Å². The second-order valence-electron chi connectivity index (χ2n) is 8.05. The van der Waals surface area contributed by atoms with E-state index in [1.165, 1.54) is 0 Å². The largest absolute Gasteiger partial charge is 0.493 e. The Morgan fingerprint density at radius 2 is 1.58 bits per heavy atom. The molecule has 0 saturated heterocycles. The maximum Gasteiger partial charge on any atom is 0.160 e. The summed E-state index contributed by atoms with van der Waals surface area (Å²) in [6.07, 6.45) is 0.530. The van der Waals surface area contributed by atoms with Gasteiger partial charge in [-0.3, -0.25) is 4.79 Å². The van der Waals surface area contributed by atoms with E-state index >= 15 is 0 Å². The number of ketones is 1. The van der Waals surface area contributed by atoms with Crippen molar-refractivity contribution in [2.45, 2.75) is 74.8 Å². The SMILES string of the molecule is CC(=O)c1c(C)c(C)c(C)c(OCC(C)CC(C)(C)C(C)O)c1C. The van der Waals surface area contributed by atoms with Gasteiger partial charge in [0, 0.05) is 11.1 Å². The summed E-state index contributed by atoms with van der Waals surface area (Å²) in [6, 6.07) is 0. The Morgan fingerprint density at radius 3 is 2.04 bits per heavy atom. The average molecular weight is 335 g/mol. The third-order valence-electron chi connectivity index (χ3n) is 5.43. The van der Waals surface area contributed by atoms with Crippen molar-refractivity contribution in [2.75, 3.05) is 6.61 Å². The molecular weight excluding hydrogens is 300 g/mol. The molecule has 0 aliphatic heterocycles. The average Bonchev–Trinajstić information content (AvgIpc) is 2.44. The molecule has 0 radical (unpaired) electrons. The summed E-state index contributed by atoms with van der Waals surface area (Å²) < 4.78 is 6.15. The molecule has 1 aromatic carbocycles. The van der Waals surface area contributed by atoms with Crippen molar-refractivity contribution in [1.29, 1.82) is 0 Å². The van der Waals surface area contributed by atoms with Crippen LogP contribution in [-0.4, -0.2) is 23.6 Å². The molecule has 0 aliphatic rings. The summed E-state index contributed by atoms with van der Waals surface area (Å²) in [5.41, 5.74) is 4.86. The Hall–Kier alpha value is -1.35. The Morgan fingerprint density at radius 1 is 1.04 bits per heavy atom. The van der Waals surface area contributed by atoms with Gasteiger partial charge in [0.15, 0.2) is 5.78 Å². The molecule has 3 heteroatoms. The molecule has 0 aliphatic carbocycles. The molecule has 136 valence electrons. The highest BCUT2D eigenvalue weighted by molar-refractivity contribution is 5.98. The highest BCUT2D eigenvalue weighted by Crippen LogP contribution is 2.34. The van der Waals surface area contributed by atoms with Crippen molar-refractivity contribution >= 4 is 5.78 Å². The molecule has 24 heavy (non-hydrogen) atoms. The minimum absolute atomic E-state index is 0.0845. The number of benzene rings is 1. The van der Waals surface area contributed by atoms with Gasteiger partial charge in [-0.05, 0) is 76.0 Å². The van der Waals surface area contributed by atoms with Gasteiger partial charge >= 0.3 is 0 Å². The third kappa shape index (κ3) is 4.38. The fraction of sp³-hybridized carbons (Fsp3) is 0.667. The molecule has 0 bridgehead atoms. The second kappa shape index (κ2) is 7.69. The number of aliphatic hydroxyl groups excluding tert-OH is 1. The van der Waals surface area contributed by atoms with Crippen LogP contribution in [0.4, 0.5) is 0 Å². The first-order chi connectivity index (χ1) is 10.9. The lowest BCUT2D eigenvalue weighted by molar-refractivity contribution is 0.0422. The topological polar surface area (TPSA) is 46.5 Å². The van der Waals surface area contributed by atoms with Crippen LogP contribution in [0.3, 0.4) is 0 Å². The van der Waals surface area contributed by atoms with Crippen LogP contribution in [0.25, 0.3) is 0 Å². The van der Waals surface area contributed by atoms with Crippen LogP contribution < -0.4 is 4.74 Å². The summed E-state index contributed by atoms with van der Waals surface area (Å²) in [5, 5.41) is 9.89. The maximum absolute atomic E-state index is 12.0. The highest BCUT2D eigenvalue weighted by atomic mass is 16.5. The molecule has 1 aromatic rings. The zero-order valence-electron chi connectivity index (χ0n) is 16.8. The monoisotopic (exact) mass is 334 g/mol. The van der Waals surface area contributed by atoms with E-state index in [9.17, 15) is 9.90 Å². The quantitative estimate of drug-likeness (QED) is 0.719. The summed E-state index contributed by atoms with van der Waals surface area (Å²) in [5.74, 6) is 1.24. The standard InChI is InChI=1S/C21H34O3/c1-12(10-21(8,9)18(7)23)11-24-20-15(4)13(2)14(3)19(16(20)5)17(6)22/h12,18,23H,10-11H2,1-9H3. The zero-order valence-corrected chi connectivity index (χ0v) is 16.8. The molecule has 2 atom stereocenters. The van der Waals surface area contributed by atoms with Crippen LogP contribution in [0.1, 0.15) is 73.7 Å². The lowest BCUT2D eigenvalue weighted by Gasteiger charge is -2.31. The highest BCUT2D eigenvalue weighted by Gasteiger charge is 2.27. The van der Waals surface area contributed by atoms with Gasteiger partial charge in [-0.25, -0.2) is 0 Å². The Bertz CT molecular complexity index is 612. The first kappa shape index (κ1) is 20.7. The fourth-order valence-electron chi connectivity index (χ4n) is 3.41. The van der Waals surface area contributed by atoms with E-state index in [0.29, 0.717) is 12.5 Å². The minimum Gasteiger partial charge on any atom is -0.493 e. The first-order valence-electron chi connectivity index (χ1n) is 8.82. The third-order valence-corrected chi connectivity index (χ3v) is 5.43. The number of carbonyl (C=O) groups excluding carboxylic acids is 1. The van der Waals surface area contributed by atoms with Crippen LogP contribution in [0, 0.1) is 39.0 Å². The van der Waals surface area contributed by atoms with Gasteiger partial charge in [0.1, 0.15) is 5.75 Å². The molecule has 0 saturated carbocycles. The number of ether oxygens (including phenoxy) is 1. The minimum atomic E-state index is -0.352. The number of Topliss-reactive ketones (excluding diaryl/α,β-unsaturated/α-hetero) is 1.